The highest BCUT2D eigenvalue weighted by molar-refractivity contribution is 5.94. The second-order valence-electron chi connectivity index (χ2n) is 7.32. The van der Waals surface area contributed by atoms with Gasteiger partial charge in [0.2, 0.25) is 11.7 Å². The van der Waals surface area contributed by atoms with Gasteiger partial charge in [-0.05, 0) is 37.6 Å². The van der Waals surface area contributed by atoms with Crippen molar-refractivity contribution < 1.29 is 9.32 Å². The SMILES string of the molecule is Cc1cc(C)n(Cc2ccc(C(=O)N(C)Cc3nc(-c4ccccc4)no3)cc2)n1. The fourth-order valence-electron chi connectivity index (χ4n) is 3.28. The summed E-state index contributed by atoms with van der Waals surface area (Å²) in [6, 6.07) is 19.2. The number of rotatable bonds is 6. The van der Waals surface area contributed by atoms with E-state index in [1.807, 2.05) is 79.2 Å². The molecule has 30 heavy (non-hydrogen) atoms. The molecule has 0 bridgehead atoms. The van der Waals surface area contributed by atoms with Crippen molar-refractivity contribution in [3.8, 4) is 11.4 Å². The molecule has 4 aromatic rings. The van der Waals surface area contributed by atoms with Crippen LogP contribution in [0.5, 0.6) is 0 Å². The van der Waals surface area contributed by atoms with Gasteiger partial charge in [0.05, 0.1) is 18.8 Å². The summed E-state index contributed by atoms with van der Waals surface area (Å²) in [7, 11) is 1.72. The minimum Gasteiger partial charge on any atom is -0.337 e. The van der Waals surface area contributed by atoms with Crippen LogP contribution in [0.2, 0.25) is 0 Å². The largest absolute Gasteiger partial charge is 0.337 e. The third kappa shape index (κ3) is 4.30. The van der Waals surface area contributed by atoms with E-state index < -0.39 is 0 Å². The molecule has 0 unspecified atom stereocenters. The van der Waals surface area contributed by atoms with E-state index in [4.69, 9.17) is 4.52 Å². The second kappa shape index (κ2) is 8.32. The molecule has 0 spiro atoms. The maximum Gasteiger partial charge on any atom is 0.254 e. The number of aryl methyl sites for hydroxylation is 2. The van der Waals surface area contributed by atoms with Crippen LogP contribution >= 0.6 is 0 Å². The van der Waals surface area contributed by atoms with Crippen molar-refractivity contribution in [2.75, 3.05) is 7.05 Å². The first-order valence-electron chi connectivity index (χ1n) is 9.73. The Hall–Kier alpha value is -3.74. The fourth-order valence-corrected chi connectivity index (χ4v) is 3.28. The van der Waals surface area contributed by atoms with Gasteiger partial charge in [-0.25, -0.2) is 0 Å². The molecular formula is C23H23N5O2. The van der Waals surface area contributed by atoms with Crippen LogP contribution in [0.25, 0.3) is 11.4 Å². The van der Waals surface area contributed by atoms with Crippen LogP contribution in [0.4, 0.5) is 0 Å². The molecule has 7 heteroatoms. The van der Waals surface area contributed by atoms with Gasteiger partial charge in [-0.15, -0.1) is 0 Å². The summed E-state index contributed by atoms with van der Waals surface area (Å²) in [4.78, 5) is 18.7. The van der Waals surface area contributed by atoms with E-state index >= 15 is 0 Å². The summed E-state index contributed by atoms with van der Waals surface area (Å²) in [6.07, 6.45) is 0. The Kier molecular flexibility index (Phi) is 5.43. The lowest BCUT2D eigenvalue weighted by atomic mass is 10.1. The van der Waals surface area contributed by atoms with Gasteiger partial charge in [0.25, 0.3) is 5.91 Å². The van der Waals surface area contributed by atoms with Crippen LogP contribution in [0.3, 0.4) is 0 Å². The summed E-state index contributed by atoms with van der Waals surface area (Å²) in [5, 5.41) is 8.48. The van der Waals surface area contributed by atoms with Gasteiger partial charge < -0.3 is 9.42 Å². The maximum absolute atomic E-state index is 12.8. The molecular weight excluding hydrogens is 378 g/mol. The van der Waals surface area contributed by atoms with Crippen molar-refractivity contribution in [1.29, 1.82) is 0 Å². The number of carbonyl (C=O) groups is 1. The molecule has 0 atom stereocenters. The Balaban J connectivity index is 1.40. The Morgan fingerprint density at radius 1 is 1.07 bits per heavy atom. The minimum absolute atomic E-state index is 0.105. The molecule has 2 aromatic carbocycles. The van der Waals surface area contributed by atoms with Crippen molar-refractivity contribution in [2.45, 2.75) is 26.9 Å². The van der Waals surface area contributed by atoms with Gasteiger partial charge in [-0.3, -0.25) is 9.48 Å². The Labute approximate surface area is 175 Å². The molecule has 4 rings (SSSR count). The number of carbonyl (C=O) groups excluding carboxylic acids is 1. The number of nitrogens with zero attached hydrogens (tertiary/aromatic N) is 5. The molecule has 152 valence electrons. The molecule has 0 saturated heterocycles. The minimum atomic E-state index is -0.105. The van der Waals surface area contributed by atoms with Gasteiger partial charge in [-0.1, -0.05) is 47.6 Å². The van der Waals surface area contributed by atoms with Crippen LogP contribution in [0.1, 0.15) is 33.2 Å². The van der Waals surface area contributed by atoms with Gasteiger partial charge in [-0.2, -0.15) is 10.1 Å². The van der Waals surface area contributed by atoms with E-state index in [1.54, 1.807) is 11.9 Å². The Morgan fingerprint density at radius 3 is 2.47 bits per heavy atom. The first kappa shape index (κ1) is 19.6. The molecule has 0 N–H and O–H groups in total. The normalized spacial score (nSPS) is 10.9. The Morgan fingerprint density at radius 2 is 1.80 bits per heavy atom. The average Bonchev–Trinajstić information content (AvgIpc) is 3.34. The zero-order valence-corrected chi connectivity index (χ0v) is 17.2. The van der Waals surface area contributed by atoms with Gasteiger partial charge >= 0.3 is 0 Å². The second-order valence-corrected chi connectivity index (χ2v) is 7.32. The lowest BCUT2D eigenvalue weighted by molar-refractivity contribution is 0.0769. The van der Waals surface area contributed by atoms with Gasteiger partial charge in [0, 0.05) is 23.9 Å². The molecule has 0 radical (unpaired) electrons. The van der Waals surface area contributed by atoms with Crippen LogP contribution in [0, 0.1) is 13.8 Å². The zero-order chi connectivity index (χ0) is 21.1. The zero-order valence-electron chi connectivity index (χ0n) is 17.2. The number of hydrogen-bond donors (Lipinski definition) is 0. The summed E-state index contributed by atoms with van der Waals surface area (Å²) in [5.41, 5.74) is 4.68. The monoisotopic (exact) mass is 401 g/mol. The molecule has 0 saturated carbocycles. The highest BCUT2D eigenvalue weighted by atomic mass is 16.5. The van der Waals surface area contributed by atoms with Crippen molar-refractivity contribution >= 4 is 5.91 Å². The molecule has 2 heterocycles. The van der Waals surface area contributed by atoms with E-state index in [2.05, 4.69) is 15.2 Å². The van der Waals surface area contributed by atoms with Crippen LogP contribution in [-0.2, 0) is 13.1 Å². The predicted molar refractivity (Wildman–Crippen MR) is 113 cm³/mol. The average molecular weight is 401 g/mol. The molecule has 7 nitrogen and oxygen atoms in total. The lowest BCUT2D eigenvalue weighted by Crippen LogP contribution is -2.26. The molecule has 1 amide bonds. The first-order chi connectivity index (χ1) is 14.5. The van der Waals surface area contributed by atoms with Gasteiger partial charge in [0.15, 0.2) is 0 Å². The van der Waals surface area contributed by atoms with Crippen molar-refractivity contribution in [2.24, 2.45) is 0 Å². The topological polar surface area (TPSA) is 77.0 Å². The number of aromatic nitrogens is 4. The smallest absolute Gasteiger partial charge is 0.254 e. The summed E-state index contributed by atoms with van der Waals surface area (Å²) >= 11 is 0. The molecule has 2 aromatic heterocycles. The first-order valence-corrected chi connectivity index (χ1v) is 9.73. The number of benzene rings is 2. The van der Waals surface area contributed by atoms with Crippen LogP contribution in [-0.4, -0.2) is 37.8 Å². The summed E-state index contributed by atoms with van der Waals surface area (Å²) < 4.78 is 7.27. The number of amides is 1. The van der Waals surface area contributed by atoms with E-state index in [1.165, 1.54) is 0 Å². The summed E-state index contributed by atoms with van der Waals surface area (Å²) in [5.74, 6) is 0.804. The van der Waals surface area contributed by atoms with Crippen molar-refractivity contribution in [3.63, 3.8) is 0 Å². The highest BCUT2D eigenvalue weighted by Gasteiger charge is 2.16. The third-order valence-corrected chi connectivity index (χ3v) is 4.86. The van der Waals surface area contributed by atoms with Crippen LogP contribution in [0.15, 0.2) is 65.2 Å². The Bertz CT molecular complexity index is 1150. The van der Waals surface area contributed by atoms with Crippen molar-refractivity contribution in [1.82, 2.24) is 24.8 Å². The molecule has 0 aliphatic heterocycles. The van der Waals surface area contributed by atoms with Gasteiger partial charge in [0.1, 0.15) is 0 Å². The third-order valence-electron chi connectivity index (χ3n) is 4.86. The van der Waals surface area contributed by atoms with E-state index in [0.29, 0.717) is 23.8 Å². The highest BCUT2D eigenvalue weighted by Crippen LogP contribution is 2.16. The van der Waals surface area contributed by atoms with E-state index in [-0.39, 0.29) is 12.5 Å². The molecule has 0 fully saturated rings. The lowest BCUT2D eigenvalue weighted by Gasteiger charge is -2.15. The predicted octanol–water partition coefficient (Wildman–Crippen LogP) is 3.87. The van der Waals surface area contributed by atoms with Crippen LogP contribution < -0.4 is 0 Å². The molecule has 0 aliphatic rings. The maximum atomic E-state index is 12.8. The summed E-state index contributed by atoms with van der Waals surface area (Å²) in [6.45, 7) is 4.93. The molecule has 0 aliphatic carbocycles. The van der Waals surface area contributed by atoms with E-state index in [0.717, 1.165) is 22.5 Å². The standard InChI is InChI=1S/C23H23N5O2/c1-16-13-17(2)28(25-16)14-18-9-11-20(12-10-18)23(29)27(3)15-21-24-22(26-30-21)19-7-5-4-6-8-19/h4-13H,14-15H2,1-3H3. The van der Waals surface area contributed by atoms with E-state index in [9.17, 15) is 4.79 Å². The number of hydrogen-bond acceptors (Lipinski definition) is 5. The van der Waals surface area contributed by atoms with Crippen molar-refractivity contribution in [3.05, 3.63) is 89.1 Å². The fraction of sp³-hybridized carbons (Fsp3) is 0.217. The quantitative estimate of drug-likeness (QED) is 0.490.